The average Bonchev–Trinajstić information content (AvgIpc) is 2.61. The van der Waals surface area contributed by atoms with Gasteiger partial charge in [-0.05, 0) is 43.4 Å². The third-order valence-corrected chi connectivity index (χ3v) is 5.84. The van der Waals surface area contributed by atoms with Gasteiger partial charge >= 0.3 is 5.97 Å². The van der Waals surface area contributed by atoms with Gasteiger partial charge in [0.1, 0.15) is 0 Å². The highest BCUT2D eigenvalue weighted by Crippen LogP contribution is 2.18. The van der Waals surface area contributed by atoms with Crippen LogP contribution in [-0.2, 0) is 24.3 Å². The zero-order chi connectivity index (χ0) is 20.4. The SMILES string of the molecule is CCOC(=O)CCC(=O)NC(=S)Nc1ccc(S(=O)(=O)N(CC)CC)cc1. The van der Waals surface area contributed by atoms with Gasteiger partial charge in [-0.2, -0.15) is 4.31 Å². The number of esters is 1. The van der Waals surface area contributed by atoms with Crippen LogP contribution in [0.1, 0.15) is 33.6 Å². The summed E-state index contributed by atoms with van der Waals surface area (Å²) in [5.41, 5.74) is 0.532. The van der Waals surface area contributed by atoms with Gasteiger partial charge in [-0.3, -0.25) is 9.59 Å². The van der Waals surface area contributed by atoms with E-state index in [1.807, 2.05) is 0 Å². The molecule has 2 N–H and O–H groups in total. The number of hydrogen-bond acceptors (Lipinski definition) is 6. The summed E-state index contributed by atoms with van der Waals surface area (Å²) < 4.78 is 31.0. The van der Waals surface area contributed by atoms with E-state index in [0.717, 1.165) is 0 Å². The number of rotatable bonds is 9. The van der Waals surface area contributed by atoms with Gasteiger partial charge in [-0.1, -0.05) is 13.8 Å². The van der Waals surface area contributed by atoms with Crippen molar-refractivity contribution in [2.45, 2.75) is 38.5 Å². The van der Waals surface area contributed by atoms with Crippen LogP contribution in [0.15, 0.2) is 29.2 Å². The fraction of sp³-hybridized carbons (Fsp3) is 0.471. The van der Waals surface area contributed by atoms with E-state index in [2.05, 4.69) is 10.6 Å². The van der Waals surface area contributed by atoms with Gasteiger partial charge in [-0.25, -0.2) is 8.42 Å². The summed E-state index contributed by atoms with van der Waals surface area (Å²) in [5, 5.41) is 5.31. The average molecular weight is 416 g/mol. The first-order valence-electron chi connectivity index (χ1n) is 8.61. The highest BCUT2D eigenvalue weighted by molar-refractivity contribution is 7.89. The summed E-state index contributed by atoms with van der Waals surface area (Å²) in [7, 11) is -3.53. The van der Waals surface area contributed by atoms with Gasteiger partial charge in [0.2, 0.25) is 15.9 Å². The number of carbonyl (C=O) groups is 2. The predicted octanol–water partition coefficient (Wildman–Crippen LogP) is 1.87. The molecule has 0 aromatic heterocycles. The first-order valence-corrected chi connectivity index (χ1v) is 10.5. The maximum Gasteiger partial charge on any atom is 0.306 e. The van der Waals surface area contributed by atoms with E-state index in [1.165, 1.54) is 16.4 Å². The Kier molecular flexibility index (Phi) is 9.33. The molecule has 10 heteroatoms. The van der Waals surface area contributed by atoms with Crippen LogP contribution in [0.5, 0.6) is 0 Å². The number of carbonyl (C=O) groups excluding carboxylic acids is 2. The predicted molar refractivity (Wildman–Crippen MR) is 107 cm³/mol. The van der Waals surface area contributed by atoms with Crippen molar-refractivity contribution in [3.8, 4) is 0 Å². The number of anilines is 1. The molecule has 0 saturated carbocycles. The molecule has 0 aliphatic heterocycles. The lowest BCUT2D eigenvalue weighted by molar-refractivity contribution is -0.144. The van der Waals surface area contributed by atoms with Crippen LogP contribution in [0, 0.1) is 0 Å². The van der Waals surface area contributed by atoms with Crippen LogP contribution in [0.25, 0.3) is 0 Å². The van der Waals surface area contributed by atoms with E-state index >= 15 is 0 Å². The van der Waals surface area contributed by atoms with E-state index in [1.54, 1.807) is 32.9 Å². The Balaban J connectivity index is 2.61. The number of ether oxygens (including phenoxy) is 1. The first-order chi connectivity index (χ1) is 12.7. The maximum atomic E-state index is 12.4. The molecule has 1 rings (SSSR count). The van der Waals surface area contributed by atoms with Crippen molar-refractivity contribution in [1.82, 2.24) is 9.62 Å². The van der Waals surface area contributed by atoms with Crippen molar-refractivity contribution < 1.29 is 22.7 Å². The number of hydrogen-bond donors (Lipinski definition) is 2. The molecule has 0 radical (unpaired) electrons. The fourth-order valence-corrected chi connectivity index (χ4v) is 3.91. The van der Waals surface area contributed by atoms with Gasteiger partial charge in [0, 0.05) is 25.2 Å². The Bertz CT molecular complexity index is 759. The summed E-state index contributed by atoms with van der Waals surface area (Å²) in [4.78, 5) is 23.2. The van der Waals surface area contributed by atoms with Crippen LogP contribution >= 0.6 is 12.2 Å². The van der Waals surface area contributed by atoms with Crippen LogP contribution in [0.3, 0.4) is 0 Å². The van der Waals surface area contributed by atoms with Crippen molar-refractivity contribution in [3.05, 3.63) is 24.3 Å². The van der Waals surface area contributed by atoms with Crippen molar-refractivity contribution in [2.75, 3.05) is 25.0 Å². The standard InChI is InChI=1S/C17H25N3O5S2/c1-4-20(5-2)27(23,24)14-9-7-13(8-10-14)18-17(26)19-15(21)11-12-16(22)25-6-3/h7-10H,4-6,11-12H2,1-3H3,(H2,18,19,21,26). The van der Waals surface area contributed by atoms with Crippen LogP contribution in [-0.4, -0.2) is 49.4 Å². The third-order valence-electron chi connectivity index (χ3n) is 3.57. The molecule has 0 heterocycles. The molecule has 0 fully saturated rings. The molecule has 8 nitrogen and oxygen atoms in total. The highest BCUT2D eigenvalue weighted by Gasteiger charge is 2.21. The Morgan fingerprint density at radius 1 is 1.07 bits per heavy atom. The minimum absolute atomic E-state index is 0.0276. The third kappa shape index (κ3) is 7.24. The zero-order valence-corrected chi connectivity index (χ0v) is 17.3. The van der Waals surface area contributed by atoms with Crippen molar-refractivity contribution in [1.29, 1.82) is 0 Å². The lowest BCUT2D eigenvalue weighted by atomic mass is 10.3. The van der Waals surface area contributed by atoms with Gasteiger partial charge in [0.15, 0.2) is 5.11 Å². The molecule has 0 aliphatic carbocycles. The van der Waals surface area contributed by atoms with Crippen LogP contribution < -0.4 is 10.6 Å². The van der Waals surface area contributed by atoms with Crippen molar-refractivity contribution >= 4 is 44.9 Å². The summed E-state index contributed by atoms with van der Waals surface area (Å²) in [6, 6.07) is 6.07. The lowest BCUT2D eigenvalue weighted by Gasteiger charge is -2.18. The summed E-state index contributed by atoms with van der Waals surface area (Å²) >= 11 is 5.04. The molecule has 0 spiro atoms. The molecular weight excluding hydrogens is 390 g/mol. The maximum absolute atomic E-state index is 12.4. The summed E-state index contributed by atoms with van der Waals surface area (Å²) in [6.45, 7) is 6.29. The Labute approximate surface area is 165 Å². The minimum Gasteiger partial charge on any atom is -0.466 e. The molecule has 1 aromatic rings. The molecule has 27 heavy (non-hydrogen) atoms. The molecule has 0 saturated heterocycles. The van der Waals surface area contributed by atoms with Crippen molar-refractivity contribution in [2.24, 2.45) is 0 Å². The number of nitrogens with zero attached hydrogens (tertiary/aromatic N) is 1. The Hall–Kier alpha value is -2.04. The second-order valence-electron chi connectivity index (χ2n) is 5.42. The number of sulfonamides is 1. The molecule has 0 unspecified atom stereocenters. The Morgan fingerprint density at radius 3 is 2.19 bits per heavy atom. The molecule has 1 aromatic carbocycles. The zero-order valence-electron chi connectivity index (χ0n) is 15.6. The topological polar surface area (TPSA) is 105 Å². The van der Waals surface area contributed by atoms with Gasteiger partial charge in [0.25, 0.3) is 0 Å². The molecule has 0 aliphatic rings. The molecule has 1 amide bonds. The number of nitrogens with one attached hydrogen (secondary N) is 2. The number of amides is 1. The van der Waals surface area contributed by atoms with E-state index in [-0.39, 0.29) is 29.5 Å². The van der Waals surface area contributed by atoms with E-state index in [4.69, 9.17) is 17.0 Å². The van der Waals surface area contributed by atoms with Gasteiger partial charge in [-0.15, -0.1) is 0 Å². The molecular formula is C17H25N3O5S2. The Morgan fingerprint density at radius 2 is 1.67 bits per heavy atom. The first kappa shape index (κ1) is 23.0. The smallest absolute Gasteiger partial charge is 0.306 e. The van der Waals surface area contributed by atoms with E-state index < -0.39 is 21.9 Å². The second-order valence-corrected chi connectivity index (χ2v) is 7.77. The van der Waals surface area contributed by atoms with Crippen LogP contribution in [0.2, 0.25) is 0 Å². The molecule has 0 atom stereocenters. The van der Waals surface area contributed by atoms with Gasteiger partial charge < -0.3 is 15.4 Å². The monoisotopic (exact) mass is 415 g/mol. The van der Waals surface area contributed by atoms with Gasteiger partial charge in [0.05, 0.1) is 17.9 Å². The molecule has 150 valence electrons. The van der Waals surface area contributed by atoms with Crippen LogP contribution in [0.4, 0.5) is 5.69 Å². The fourth-order valence-electron chi connectivity index (χ4n) is 2.22. The van der Waals surface area contributed by atoms with Crippen molar-refractivity contribution in [3.63, 3.8) is 0 Å². The lowest BCUT2D eigenvalue weighted by Crippen LogP contribution is -2.34. The molecule has 0 bridgehead atoms. The number of benzene rings is 1. The second kappa shape index (κ2) is 11.0. The normalized spacial score (nSPS) is 11.1. The summed E-state index contributed by atoms with van der Waals surface area (Å²) in [6.07, 6.45) is -0.0676. The number of thiocarbonyl (C=S) groups is 1. The van der Waals surface area contributed by atoms with E-state index in [0.29, 0.717) is 18.8 Å². The highest BCUT2D eigenvalue weighted by atomic mass is 32.2. The minimum atomic E-state index is -3.53. The largest absolute Gasteiger partial charge is 0.466 e. The van der Waals surface area contributed by atoms with E-state index in [9.17, 15) is 18.0 Å². The summed E-state index contributed by atoms with van der Waals surface area (Å²) in [5.74, 6) is -0.863. The quantitative estimate of drug-likeness (QED) is 0.469.